The first-order chi connectivity index (χ1) is 13.3. The highest BCUT2D eigenvalue weighted by atomic mass is 19.1. The van der Waals surface area contributed by atoms with Gasteiger partial charge in [-0.1, -0.05) is 6.08 Å². The summed E-state index contributed by atoms with van der Waals surface area (Å²) in [5.41, 5.74) is -0.548. The van der Waals surface area contributed by atoms with E-state index in [0.717, 1.165) is 31.2 Å². The van der Waals surface area contributed by atoms with Crippen molar-refractivity contribution in [3.05, 3.63) is 46.5 Å². The maximum absolute atomic E-state index is 14.6. The molecule has 0 bridgehead atoms. The molecule has 2 N–H and O–H groups in total. The number of aliphatic hydroxyl groups excluding tert-OH is 1. The van der Waals surface area contributed by atoms with Gasteiger partial charge in [-0.2, -0.15) is 0 Å². The molecule has 28 heavy (non-hydrogen) atoms. The molecule has 1 aliphatic carbocycles. The number of carbonyl (C=O) groups is 2. The highest BCUT2D eigenvalue weighted by Crippen LogP contribution is 2.30. The zero-order valence-corrected chi connectivity index (χ0v) is 15.3. The van der Waals surface area contributed by atoms with Gasteiger partial charge in [0.25, 0.3) is 0 Å². The molecule has 6 nitrogen and oxygen atoms in total. The summed E-state index contributed by atoms with van der Waals surface area (Å²) in [4.78, 5) is 28.3. The van der Waals surface area contributed by atoms with Crippen LogP contribution in [0.25, 0.3) is 11.3 Å². The van der Waals surface area contributed by atoms with Crippen molar-refractivity contribution in [1.29, 1.82) is 0 Å². The lowest BCUT2D eigenvalue weighted by atomic mass is 9.96. The summed E-state index contributed by atoms with van der Waals surface area (Å²) in [6, 6.07) is 1.73. The van der Waals surface area contributed by atoms with Crippen molar-refractivity contribution in [2.45, 2.75) is 32.2 Å². The van der Waals surface area contributed by atoms with Gasteiger partial charge in [-0.15, -0.1) is 0 Å². The number of carboxylic acids is 1. The van der Waals surface area contributed by atoms with Gasteiger partial charge >= 0.3 is 5.97 Å². The van der Waals surface area contributed by atoms with Crippen LogP contribution in [0.2, 0.25) is 0 Å². The molecular formula is C20H20F2N2O4. The molecular weight excluding hydrogens is 370 g/mol. The fraction of sp³-hybridized carbons (Fsp3) is 0.350. The van der Waals surface area contributed by atoms with Gasteiger partial charge in [0, 0.05) is 31.8 Å². The molecule has 2 aliphatic rings. The highest BCUT2D eigenvalue weighted by molar-refractivity contribution is 6.14. The number of amides is 1. The summed E-state index contributed by atoms with van der Waals surface area (Å²) in [6.45, 7) is 2.14. The Morgan fingerprint density at radius 3 is 2.46 bits per heavy atom. The number of carboxylic acid groups (broad SMARTS) is 1. The lowest BCUT2D eigenvalue weighted by Crippen LogP contribution is -2.32. The monoisotopic (exact) mass is 390 g/mol. The Morgan fingerprint density at radius 1 is 1.21 bits per heavy atom. The minimum absolute atomic E-state index is 0.0129. The van der Waals surface area contributed by atoms with E-state index in [-0.39, 0.29) is 17.5 Å². The molecule has 1 aromatic carbocycles. The van der Waals surface area contributed by atoms with E-state index in [9.17, 15) is 28.6 Å². The van der Waals surface area contributed by atoms with Crippen molar-refractivity contribution < 1.29 is 28.6 Å². The number of aliphatic hydroxyl groups is 1. The lowest BCUT2D eigenvalue weighted by Gasteiger charge is -2.25. The maximum atomic E-state index is 14.6. The minimum Gasteiger partial charge on any atom is -0.506 e. The van der Waals surface area contributed by atoms with E-state index in [2.05, 4.69) is 4.99 Å². The second-order valence-corrected chi connectivity index (χ2v) is 6.83. The number of halogens is 2. The third-order valence-corrected chi connectivity index (χ3v) is 4.76. The first-order valence-corrected chi connectivity index (χ1v) is 8.92. The number of rotatable bonds is 5. The Kier molecular flexibility index (Phi) is 5.58. The summed E-state index contributed by atoms with van der Waals surface area (Å²) < 4.78 is 29.2. The molecule has 1 amide bonds. The number of benzene rings is 1. The zero-order valence-electron chi connectivity index (χ0n) is 15.3. The van der Waals surface area contributed by atoms with Crippen LogP contribution in [0.15, 0.2) is 28.8 Å². The van der Waals surface area contributed by atoms with Gasteiger partial charge in [0.05, 0.1) is 11.6 Å². The average molecular weight is 390 g/mol. The normalized spacial score (nSPS) is 18.1. The minimum atomic E-state index is -1.48. The van der Waals surface area contributed by atoms with Crippen LogP contribution in [0.5, 0.6) is 0 Å². The molecule has 148 valence electrons. The summed E-state index contributed by atoms with van der Waals surface area (Å²) in [5.74, 6) is -4.18. The fourth-order valence-electron chi connectivity index (χ4n) is 2.94. The number of nitrogens with zero attached hydrogens (tertiary/aromatic N) is 2. The van der Waals surface area contributed by atoms with Crippen LogP contribution in [0.4, 0.5) is 8.78 Å². The van der Waals surface area contributed by atoms with Crippen molar-refractivity contribution in [1.82, 2.24) is 4.90 Å². The van der Waals surface area contributed by atoms with E-state index >= 15 is 0 Å². The van der Waals surface area contributed by atoms with Crippen LogP contribution in [-0.2, 0) is 9.59 Å². The molecule has 0 saturated heterocycles. The molecule has 1 saturated carbocycles. The smallest absolute Gasteiger partial charge is 0.341 e. The van der Waals surface area contributed by atoms with Crippen molar-refractivity contribution in [3.63, 3.8) is 0 Å². The van der Waals surface area contributed by atoms with E-state index in [1.54, 1.807) is 11.0 Å². The molecule has 0 aromatic heterocycles. The number of aliphatic imine (C=N–C) groups is 1. The molecule has 0 radical (unpaired) electrons. The number of hydrogen-bond donors (Lipinski definition) is 2. The van der Waals surface area contributed by atoms with Gasteiger partial charge in [-0.25, -0.2) is 13.6 Å². The van der Waals surface area contributed by atoms with Gasteiger partial charge in [0.15, 0.2) is 0 Å². The molecule has 1 heterocycles. The number of hydrogen-bond acceptors (Lipinski definition) is 4. The quantitative estimate of drug-likeness (QED) is 0.459. The largest absolute Gasteiger partial charge is 0.506 e. The molecule has 0 unspecified atom stereocenters. The van der Waals surface area contributed by atoms with Crippen molar-refractivity contribution >= 4 is 29.4 Å². The van der Waals surface area contributed by atoms with Crippen LogP contribution in [0, 0.1) is 11.6 Å². The van der Waals surface area contributed by atoms with Crippen LogP contribution < -0.4 is 0 Å². The third-order valence-electron chi connectivity index (χ3n) is 4.76. The standard InChI is InChI=1S/C20H20F2N2O4/c1-11(25)24-6-4-12(5-7-24)14-8-18(22)15(9-17(14)21)19(26)16(20(27)28)10-23-13-2-3-13/h4,8-10,13,26H,2-3,5-7H2,1H3,(H,27,28). The Labute approximate surface area is 160 Å². The average Bonchev–Trinajstić information content (AvgIpc) is 3.47. The number of carbonyl (C=O) groups excluding carboxylic acids is 1. The topological polar surface area (TPSA) is 90.2 Å². The predicted octanol–water partition coefficient (Wildman–Crippen LogP) is 3.19. The SMILES string of the molecule is CC(=O)N1CC=C(c2cc(F)c(C(O)=C(C=NC3CC3)C(=O)O)cc2F)CC1. The van der Waals surface area contributed by atoms with Gasteiger partial charge < -0.3 is 15.1 Å². The Morgan fingerprint density at radius 2 is 1.93 bits per heavy atom. The van der Waals surface area contributed by atoms with E-state index in [1.165, 1.54) is 6.92 Å². The number of aliphatic carboxylic acids is 1. The van der Waals surface area contributed by atoms with E-state index in [1.807, 2.05) is 0 Å². The Balaban J connectivity index is 1.94. The molecule has 0 atom stereocenters. The molecule has 1 aliphatic heterocycles. The summed E-state index contributed by atoms with van der Waals surface area (Å²) >= 11 is 0. The van der Waals surface area contributed by atoms with Crippen LogP contribution >= 0.6 is 0 Å². The fourth-order valence-corrected chi connectivity index (χ4v) is 2.94. The van der Waals surface area contributed by atoms with Crippen molar-refractivity contribution in [2.75, 3.05) is 13.1 Å². The maximum Gasteiger partial charge on any atom is 0.341 e. The van der Waals surface area contributed by atoms with E-state index < -0.39 is 34.5 Å². The van der Waals surface area contributed by atoms with Crippen molar-refractivity contribution in [2.24, 2.45) is 4.99 Å². The molecule has 8 heteroatoms. The Bertz CT molecular complexity index is 917. The van der Waals surface area contributed by atoms with Crippen LogP contribution in [0.1, 0.15) is 37.3 Å². The third kappa shape index (κ3) is 4.27. The summed E-state index contributed by atoms with van der Waals surface area (Å²) in [5, 5.41) is 19.5. The van der Waals surface area contributed by atoms with Crippen molar-refractivity contribution in [3.8, 4) is 0 Å². The molecule has 0 spiro atoms. The molecule has 1 aromatic rings. The van der Waals surface area contributed by atoms with Gasteiger partial charge in [0.1, 0.15) is 23.0 Å². The lowest BCUT2D eigenvalue weighted by molar-refractivity contribution is -0.132. The van der Waals surface area contributed by atoms with Gasteiger partial charge in [-0.05, 0) is 37.0 Å². The predicted molar refractivity (Wildman–Crippen MR) is 99.9 cm³/mol. The first kappa shape index (κ1) is 19.7. The van der Waals surface area contributed by atoms with E-state index in [0.29, 0.717) is 25.1 Å². The Hall–Kier alpha value is -3.03. The molecule has 1 fully saturated rings. The summed E-state index contributed by atoms with van der Waals surface area (Å²) in [7, 11) is 0. The van der Waals surface area contributed by atoms with Crippen LogP contribution in [0.3, 0.4) is 0 Å². The first-order valence-electron chi connectivity index (χ1n) is 8.92. The second-order valence-electron chi connectivity index (χ2n) is 6.83. The molecule has 3 rings (SSSR count). The van der Waals surface area contributed by atoms with Gasteiger partial charge in [-0.3, -0.25) is 9.79 Å². The zero-order chi connectivity index (χ0) is 20.4. The summed E-state index contributed by atoms with van der Waals surface area (Å²) in [6.07, 6.45) is 4.67. The highest BCUT2D eigenvalue weighted by Gasteiger charge is 2.24. The second kappa shape index (κ2) is 7.92. The van der Waals surface area contributed by atoms with Crippen LogP contribution in [-0.4, -0.2) is 52.3 Å². The van der Waals surface area contributed by atoms with E-state index in [4.69, 9.17) is 0 Å². The van der Waals surface area contributed by atoms with Gasteiger partial charge in [0.2, 0.25) is 5.91 Å².